The molecule has 2 aromatic carbocycles. The highest BCUT2D eigenvalue weighted by Crippen LogP contribution is 2.29. The number of carbonyl (C=O) groups is 4. The van der Waals surface area contributed by atoms with Crippen LogP contribution < -0.4 is 10.6 Å². The zero-order valence-electron chi connectivity index (χ0n) is 18.7. The van der Waals surface area contributed by atoms with Crippen molar-refractivity contribution in [1.82, 2.24) is 0 Å². The number of halogens is 2. The van der Waals surface area contributed by atoms with E-state index in [0.29, 0.717) is 23.5 Å². The summed E-state index contributed by atoms with van der Waals surface area (Å²) in [6.45, 7) is 1.89. The Hall–Kier alpha value is -3.10. The average Bonchev–Trinajstić information content (AvgIpc) is 2.81. The van der Waals surface area contributed by atoms with Crippen molar-refractivity contribution in [2.75, 3.05) is 23.8 Å². The van der Waals surface area contributed by atoms with E-state index in [1.54, 1.807) is 42.5 Å². The Labute approximate surface area is 207 Å². The minimum absolute atomic E-state index is 0.0266. The van der Waals surface area contributed by atoms with Crippen molar-refractivity contribution < 1.29 is 28.7 Å². The minimum Gasteiger partial charge on any atom is -0.462 e. The summed E-state index contributed by atoms with van der Waals surface area (Å²) >= 11 is 11.9. The molecule has 2 rings (SSSR count). The molecule has 0 atom stereocenters. The normalized spacial score (nSPS) is 10.3. The number of hydrogen-bond acceptors (Lipinski definition) is 6. The summed E-state index contributed by atoms with van der Waals surface area (Å²) in [5, 5.41) is 5.68. The lowest BCUT2D eigenvalue weighted by Gasteiger charge is -2.09. The van der Waals surface area contributed by atoms with E-state index >= 15 is 0 Å². The monoisotopic (exact) mass is 508 g/mol. The third kappa shape index (κ3) is 9.41. The van der Waals surface area contributed by atoms with Gasteiger partial charge in [-0.15, -0.1) is 0 Å². The molecule has 2 amide bonds. The van der Waals surface area contributed by atoms with Gasteiger partial charge in [0, 0.05) is 18.5 Å². The third-order valence-corrected chi connectivity index (χ3v) is 5.33. The first-order valence-corrected chi connectivity index (χ1v) is 11.5. The van der Waals surface area contributed by atoms with Crippen molar-refractivity contribution in [1.29, 1.82) is 0 Å². The molecule has 0 bridgehead atoms. The van der Waals surface area contributed by atoms with Gasteiger partial charge in [0.25, 0.3) is 5.91 Å². The van der Waals surface area contributed by atoms with Gasteiger partial charge in [0.05, 0.1) is 27.9 Å². The van der Waals surface area contributed by atoms with Gasteiger partial charge < -0.3 is 20.1 Å². The fraction of sp³-hybridized carbons (Fsp3) is 0.333. The van der Waals surface area contributed by atoms with Gasteiger partial charge in [0.2, 0.25) is 5.91 Å². The quantitative estimate of drug-likeness (QED) is 0.299. The first-order valence-electron chi connectivity index (χ1n) is 10.8. The molecule has 0 heterocycles. The number of anilines is 2. The van der Waals surface area contributed by atoms with Gasteiger partial charge in [-0.1, -0.05) is 42.6 Å². The number of amides is 2. The van der Waals surface area contributed by atoms with Gasteiger partial charge in [-0.3, -0.25) is 14.4 Å². The van der Waals surface area contributed by atoms with Crippen molar-refractivity contribution in [3.8, 4) is 0 Å². The highest BCUT2D eigenvalue weighted by atomic mass is 35.5. The van der Waals surface area contributed by atoms with Crippen molar-refractivity contribution >= 4 is 58.3 Å². The second-order valence-corrected chi connectivity index (χ2v) is 8.06. The molecule has 0 unspecified atom stereocenters. The molecule has 34 heavy (non-hydrogen) atoms. The predicted molar refractivity (Wildman–Crippen MR) is 130 cm³/mol. The highest BCUT2D eigenvalue weighted by molar-refractivity contribution is 6.44. The van der Waals surface area contributed by atoms with Crippen LogP contribution in [0.5, 0.6) is 0 Å². The van der Waals surface area contributed by atoms with E-state index in [0.717, 1.165) is 12.8 Å². The molecule has 2 N–H and O–H groups in total. The smallest absolute Gasteiger partial charge is 0.338 e. The summed E-state index contributed by atoms with van der Waals surface area (Å²) in [5.74, 6) is -1.87. The van der Waals surface area contributed by atoms with Gasteiger partial charge in [-0.2, -0.15) is 0 Å². The minimum atomic E-state index is -0.605. The number of hydrogen-bond donors (Lipinski definition) is 2. The molecule has 2 aromatic rings. The van der Waals surface area contributed by atoms with Crippen LogP contribution in [0, 0.1) is 0 Å². The molecule has 0 spiro atoms. The van der Waals surface area contributed by atoms with E-state index in [1.807, 2.05) is 6.92 Å². The van der Waals surface area contributed by atoms with Gasteiger partial charge in [-0.05, 0) is 49.2 Å². The fourth-order valence-electron chi connectivity index (χ4n) is 2.70. The highest BCUT2D eigenvalue weighted by Gasteiger charge is 2.12. The van der Waals surface area contributed by atoms with Gasteiger partial charge in [0.15, 0.2) is 6.61 Å². The van der Waals surface area contributed by atoms with Crippen LogP contribution >= 0.6 is 23.2 Å². The SMILES string of the molecule is CCCCOC(=O)c1ccc(NC(=O)CCCC(=O)OCC(=O)Nc2cccc(Cl)c2Cl)cc1. The molecule has 182 valence electrons. The Kier molecular flexibility index (Phi) is 11.4. The van der Waals surface area contributed by atoms with Gasteiger partial charge in [-0.25, -0.2) is 4.79 Å². The molecule has 0 aliphatic heterocycles. The predicted octanol–water partition coefficient (Wildman–Crippen LogP) is 5.24. The molecule has 0 aromatic heterocycles. The van der Waals surface area contributed by atoms with Crippen LogP contribution in [0.15, 0.2) is 42.5 Å². The van der Waals surface area contributed by atoms with Gasteiger partial charge >= 0.3 is 11.9 Å². The lowest BCUT2D eigenvalue weighted by Crippen LogP contribution is -2.21. The Bertz CT molecular complexity index is 1010. The summed E-state index contributed by atoms with van der Waals surface area (Å²) in [6, 6.07) is 11.1. The van der Waals surface area contributed by atoms with Crippen molar-refractivity contribution in [2.45, 2.75) is 39.0 Å². The average molecular weight is 509 g/mol. The Balaban J connectivity index is 1.65. The fourth-order valence-corrected chi connectivity index (χ4v) is 3.05. The lowest BCUT2D eigenvalue weighted by molar-refractivity contribution is -0.147. The Morgan fingerprint density at radius 1 is 0.853 bits per heavy atom. The Morgan fingerprint density at radius 3 is 2.29 bits per heavy atom. The maximum Gasteiger partial charge on any atom is 0.338 e. The van der Waals surface area contributed by atoms with E-state index in [9.17, 15) is 19.2 Å². The molecule has 0 aliphatic rings. The second-order valence-electron chi connectivity index (χ2n) is 7.28. The van der Waals surface area contributed by atoms with Crippen molar-refractivity contribution in [2.24, 2.45) is 0 Å². The van der Waals surface area contributed by atoms with Crippen LogP contribution in [0.4, 0.5) is 11.4 Å². The molecule has 0 fully saturated rings. The third-order valence-electron chi connectivity index (χ3n) is 4.51. The molecule has 0 saturated carbocycles. The molecule has 0 saturated heterocycles. The number of rotatable bonds is 12. The van der Waals surface area contributed by atoms with Crippen LogP contribution in [0.25, 0.3) is 0 Å². The molecule has 0 aliphatic carbocycles. The zero-order chi connectivity index (χ0) is 24.9. The van der Waals surface area contributed by atoms with E-state index in [2.05, 4.69) is 10.6 Å². The van der Waals surface area contributed by atoms with E-state index in [1.165, 1.54) is 0 Å². The summed E-state index contributed by atoms with van der Waals surface area (Å²) in [4.78, 5) is 47.7. The first-order chi connectivity index (χ1) is 16.3. The van der Waals surface area contributed by atoms with E-state index in [4.69, 9.17) is 32.7 Å². The van der Waals surface area contributed by atoms with Crippen LogP contribution in [0.3, 0.4) is 0 Å². The van der Waals surface area contributed by atoms with Gasteiger partial charge in [0.1, 0.15) is 0 Å². The molecular weight excluding hydrogens is 483 g/mol. The number of benzene rings is 2. The molecule has 10 heteroatoms. The number of unbranched alkanes of at least 4 members (excludes halogenated alkanes) is 1. The summed E-state index contributed by atoms with van der Waals surface area (Å²) in [6.07, 6.45) is 2.04. The van der Waals surface area contributed by atoms with Crippen LogP contribution in [0.1, 0.15) is 49.4 Å². The van der Waals surface area contributed by atoms with E-state index in [-0.39, 0.29) is 35.2 Å². The number of nitrogens with one attached hydrogen (secondary N) is 2. The van der Waals surface area contributed by atoms with Crippen LogP contribution in [0.2, 0.25) is 10.0 Å². The topological polar surface area (TPSA) is 111 Å². The lowest BCUT2D eigenvalue weighted by atomic mass is 10.2. The number of esters is 2. The number of carbonyl (C=O) groups excluding carboxylic acids is 4. The van der Waals surface area contributed by atoms with Crippen LogP contribution in [-0.4, -0.2) is 37.0 Å². The maximum absolute atomic E-state index is 12.1. The molecule has 8 nitrogen and oxygen atoms in total. The van der Waals surface area contributed by atoms with E-state index < -0.39 is 24.5 Å². The first kappa shape index (κ1) is 27.1. The standard InChI is InChI=1S/C24H26Cl2N2O6/c1-2-3-14-33-24(32)16-10-12-17(13-11-16)27-20(29)8-5-9-22(31)34-15-21(30)28-19-7-4-6-18(25)23(19)26/h4,6-7,10-13H,2-3,5,8-9,14-15H2,1H3,(H,27,29)(H,28,30). The van der Waals surface area contributed by atoms with Crippen molar-refractivity contribution in [3.05, 3.63) is 58.1 Å². The largest absolute Gasteiger partial charge is 0.462 e. The molecular formula is C24H26Cl2N2O6. The summed E-state index contributed by atoms with van der Waals surface area (Å²) in [7, 11) is 0. The number of ether oxygens (including phenoxy) is 2. The summed E-state index contributed by atoms with van der Waals surface area (Å²) < 4.78 is 10.0. The molecule has 0 radical (unpaired) electrons. The maximum atomic E-state index is 12.1. The zero-order valence-corrected chi connectivity index (χ0v) is 20.2. The summed E-state index contributed by atoms with van der Waals surface area (Å²) in [5.41, 5.74) is 1.24. The Morgan fingerprint density at radius 2 is 1.59 bits per heavy atom. The van der Waals surface area contributed by atoms with Crippen LogP contribution in [-0.2, 0) is 23.9 Å². The second kappa shape index (κ2) is 14.2. The van der Waals surface area contributed by atoms with Crippen molar-refractivity contribution in [3.63, 3.8) is 0 Å².